The normalized spacial score (nSPS) is 12.2. The van der Waals surface area contributed by atoms with Crippen molar-refractivity contribution in [2.75, 3.05) is 23.7 Å². The number of benzene rings is 2. The molecule has 0 unspecified atom stereocenters. The van der Waals surface area contributed by atoms with Crippen molar-refractivity contribution in [2.24, 2.45) is 0 Å². The minimum absolute atomic E-state index is 0.152. The van der Waals surface area contributed by atoms with Crippen molar-refractivity contribution < 1.29 is 18.0 Å². The Morgan fingerprint density at radius 2 is 1.76 bits per heavy atom. The van der Waals surface area contributed by atoms with Crippen LogP contribution in [0.1, 0.15) is 37.8 Å². The van der Waals surface area contributed by atoms with Crippen LogP contribution >= 0.6 is 11.6 Å². The zero-order valence-corrected chi connectivity index (χ0v) is 21.1. The number of anilines is 1. The lowest BCUT2D eigenvalue weighted by atomic mass is 10.1. The highest BCUT2D eigenvalue weighted by atomic mass is 35.5. The van der Waals surface area contributed by atoms with Gasteiger partial charge in [-0.15, -0.1) is 0 Å². The number of carbonyl (C=O) groups is 2. The number of sulfonamides is 1. The number of hydrogen-bond acceptors (Lipinski definition) is 4. The van der Waals surface area contributed by atoms with Gasteiger partial charge in [0.1, 0.15) is 12.6 Å². The minimum atomic E-state index is -3.74. The second kappa shape index (κ2) is 12.0. The van der Waals surface area contributed by atoms with Gasteiger partial charge in [-0.25, -0.2) is 8.42 Å². The Balaban J connectivity index is 2.41. The van der Waals surface area contributed by atoms with E-state index in [4.69, 9.17) is 11.6 Å². The third kappa shape index (κ3) is 7.75. The predicted molar refractivity (Wildman–Crippen MR) is 133 cm³/mol. The van der Waals surface area contributed by atoms with Gasteiger partial charge in [0.2, 0.25) is 21.8 Å². The molecular weight excluding hydrogens is 462 g/mol. The van der Waals surface area contributed by atoms with Gasteiger partial charge in [0.05, 0.1) is 11.9 Å². The molecule has 0 saturated heterocycles. The maximum absolute atomic E-state index is 13.5. The summed E-state index contributed by atoms with van der Waals surface area (Å²) in [6.45, 7) is 5.87. The van der Waals surface area contributed by atoms with Crippen LogP contribution in [0.3, 0.4) is 0 Å². The van der Waals surface area contributed by atoms with Crippen LogP contribution in [0.5, 0.6) is 0 Å². The number of nitrogens with zero attached hydrogens (tertiary/aromatic N) is 2. The molecule has 7 nitrogen and oxygen atoms in total. The van der Waals surface area contributed by atoms with Crippen molar-refractivity contribution in [3.05, 3.63) is 64.7 Å². The standard InChI is InChI=1S/C24H32ClN3O4S/c1-5-14-26-24(30)22(6-2)27(16-19-10-12-20(25)13-11-19)23(29)17-28(33(4,31)32)21-9-7-8-18(3)15-21/h7-13,15,22H,5-6,14,16-17H2,1-4H3,(H,26,30)/t22-/m0/s1. The quantitative estimate of drug-likeness (QED) is 0.516. The van der Waals surface area contributed by atoms with Gasteiger partial charge < -0.3 is 10.2 Å². The molecular formula is C24H32ClN3O4S. The number of amides is 2. The number of rotatable bonds is 11. The molecule has 2 rings (SSSR count). The van der Waals surface area contributed by atoms with Crippen LogP contribution in [0.2, 0.25) is 5.02 Å². The summed E-state index contributed by atoms with van der Waals surface area (Å²) in [5.74, 6) is -0.724. The molecule has 0 aliphatic carbocycles. The zero-order valence-electron chi connectivity index (χ0n) is 19.5. The largest absolute Gasteiger partial charge is 0.354 e. The Kier molecular flexibility index (Phi) is 9.73. The van der Waals surface area contributed by atoms with Gasteiger partial charge in [-0.1, -0.05) is 49.7 Å². The third-order valence-electron chi connectivity index (χ3n) is 5.17. The van der Waals surface area contributed by atoms with E-state index in [0.29, 0.717) is 23.7 Å². The van der Waals surface area contributed by atoms with Gasteiger partial charge in [0, 0.05) is 18.1 Å². The molecule has 0 fully saturated rings. The van der Waals surface area contributed by atoms with E-state index in [0.717, 1.165) is 28.1 Å². The molecule has 9 heteroatoms. The molecule has 0 spiro atoms. The van der Waals surface area contributed by atoms with Gasteiger partial charge in [0.15, 0.2) is 0 Å². The van der Waals surface area contributed by atoms with Gasteiger partial charge in [-0.05, 0) is 55.2 Å². The molecule has 1 N–H and O–H groups in total. The summed E-state index contributed by atoms with van der Waals surface area (Å²) in [7, 11) is -3.74. The molecule has 0 aromatic heterocycles. The van der Waals surface area contributed by atoms with E-state index in [2.05, 4.69) is 5.32 Å². The summed E-state index contributed by atoms with van der Waals surface area (Å²) in [5, 5.41) is 3.41. The second-order valence-electron chi connectivity index (χ2n) is 7.97. The van der Waals surface area contributed by atoms with Crippen LogP contribution in [0.4, 0.5) is 5.69 Å². The zero-order chi connectivity index (χ0) is 24.6. The van der Waals surface area contributed by atoms with Gasteiger partial charge in [-0.3, -0.25) is 13.9 Å². The number of halogens is 1. The number of aryl methyl sites for hydroxylation is 1. The Hall–Kier alpha value is -2.58. The number of hydrogen-bond donors (Lipinski definition) is 1. The fourth-order valence-electron chi connectivity index (χ4n) is 3.47. The molecule has 0 heterocycles. The van der Waals surface area contributed by atoms with Crippen LogP contribution in [0.25, 0.3) is 0 Å². The summed E-state index contributed by atoms with van der Waals surface area (Å²) < 4.78 is 26.2. The Labute approximate surface area is 201 Å². The van der Waals surface area contributed by atoms with Gasteiger partial charge in [0.25, 0.3) is 0 Å². The Morgan fingerprint density at radius 3 is 2.30 bits per heavy atom. The highest BCUT2D eigenvalue weighted by molar-refractivity contribution is 7.92. The maximum Gasteiger partial charge on any atom is 0.244 e. The Bertz CT molecular complexity index is 1060. The van der Waals surface area contributed by atoms with Crippen LogP contribution in [0, 0.1) is 6.92 Å². The van der Waals surface area contributed by atoms with E-state index in [1.807, 2.05) is 26.8 Å². The topological polar surface area (TPSA) is 86.8 Å². The van der Waals surface area contributed by atoms with Crippen LogP contribution in [0.15, 0.2) is 48.5 Å². The fraction of sp³-hybridized carbons (Fsp3) is 0.417. The van der Waals surface area contributed by atoms with Crippen molar-refractivity contribution >= 4 is 39.1 Å². The van der Waals surface area contributed by atoms with Crippen molar-refractivity contribution in [3.8, 4) is 0 Å². The smallest absolute Gasteiger partial charge is 0.244 e. The first-order valence-corrected chi connectivity index (χ1v) is 13.2. The monoisotopic (exact) mass is 493 g/mol. The molecule has 0 bridgehead atoms. The molecule has 2 aromatic rings. The highest BCUT2D eigenvalue weighted by Gasteiger charge is 2.31. The van der Waals surface area contributed by atoms with Crippen molar-refractivity contribution in [1.29, 1.82) is 0 Å². The average Bonchev–Trinajstić information content (AvgIpc) is 2.76. The second-order valence-corrected chi connectivity index (χ2v) is 10.3. The van der Waals surface area contributed by atoms with Crippen molar-refractivity contribution in [1.82, 2.24) is 10.2 Å². The molecule has 0 aliphatic heterocycles. The van der Waals surface area contributed by atoms with E-state index in [9.17, 15) is 18.0 Å². The molecule has 33 heavy (non-hydrogen) atoms. The first-order chi connectivity index (χ1) is 15.6. The van der Waals surface area contributed by atoms with Crippen LogP contribution < -0.4 is 9.62 Å². The predicted octanol–water partition coefficient (Wildman–Crippen LogP) is 3.75. The molecule has 1 atom stereocenters. The number of nitrogens with one attached hydrogen (secondary N) is 1. The SMILES string of the molecule is CCCNC(=O)[C@H](CC)N(Cc1ccc(Cl)cc1)C(=O)CN(c1cccc(C)c1)S(C)(=O)=O. The summed E-state index contributed by atoms with van der Waals surface area (Å²) in [6.07, 6.45) is 2.22. The fourth-order valence-corrected chi connectivity index (χ4v) is 4.44. The first kappa shape index (κ1) is 26.7. The molecule has 0 aliphatic rings. The lowest BCUT2D eigenvalue weighted by Crippen LogP contribution is -2.52. The average molecular weight is 494 g/mol. The maximum atomic E-state index is 13.5. The van der Waals surface area contributed by atoms with Crippen molar-refractivity contribution in [3.63, 3.8) is 0 Å². The van der Waals surface area contributed by atoms with Crippen molar-refractivity contribution in [2.45, 2.75) is 46.2 Å². The molecule has 180 valence electrons. The van der Waals surface area contributed by atoms with E-state index in [1.165, 1.54) is 4.90 Å². The molecule has 2 aromatic carbocycles. The highest BCUT2D eigenvalue weighted by Crippen LogP contribution is 2.21. The van der Waals surface area contributed by atoms with Gasteiger partial charge in [-0.2, -0.15) is 0 Å². The lowest BCUT2D eigenvalue weighted by molar-refractivity contribution is -0.140. The minimum Gasteiger partial charge on any atom is -0.354 e. The first-order valence-electron chi connectivity index (χ1n) is 10.9. The van der Waals surface area contributed by atoms with E-state index in [-0.39, 0.29) is 12.5 Å². The molecule has 2 amide bonds. The van der Waals surface area contributed by atoms with Crippen LogP contribution in [-0.4, -0.2) is 50.5 Å². The lowest BCUT2D eigenvalue weighted by Gasteiger charge is -2.33. The molecule has 0 radical (unpaired) electrons. The third-order valence-corrected chi connectivity index (χ3v) is 6.56. The summed E-state index contributed by atoms with van der Waals surface area (Å²) in [5.41, 5.74) is 2.06. The summed E-state index contributed by atoms with van der Waals surface area (Å²) >= 11 is 5.99. The van der Waals surface area contributed by atoms with E-state index in [1.54, 1.807) is 42.5 Å². The van der Waals surface area contributed by atoms with Gasteiger partial charge >= 0.3 is 0 Å². The van der Waals surface area contributed by atoms with E-state index < -0.39 is 28.5 Å². The summed E-state index contributed by atoms with van der Waals surface area (Å²) in [6, 6.07) is 13.2. The number of carbonyl (C=O) groups excluding carboxylic acids is 2. The van der Waals surface area contributed by atoms with E-state index >= 15 is 0 Å². The Morgan fingerprint density at radius 1 is 1.09 bits per heavy atom. The summed E-state index contributed by atoms with van der Waals surface area (Å²) in [4.78, 5) is 27.8. The van der Waals surface area contributed by atoms with Crippen LogP contribution in [-0.2, 0) is 26.2 Å². The molecule has 0 saturated carbocycles.